The average molecular weight is 137 g/mol. The van der Waals surface area contributed by atoms with Gasteiger partial charge in [-0.3, -0.25) is 9.59 Å². The van der Waals surface area contributed by atoms with Gasteiger partial charge in [-0.1, -0.05) is 0 Å². The lowest BCUT2D eigenvalue weighted by atomic mass is 10.3. The fourth-order valence-electron chi connectivity index (χ4n) is 0.582. The van der Waals surface area contributed by atoms with E-state index in [-0.39, 0.29) is 5.56 Å². The van der Waals surface area contributed by atoms with E-state index in [4.69, 9.17) is 0 Å². The molecule has 4 nitrogen and oxygen atoms in total. The molecule has 51 valence electrons. The molecule has 4 heteroatoms. The lowest BCUT2D eigenvalue weighted by Crippen LogP contribution is -2.13. The monoisotopic (exact) mass is 137 g/mol. The normalized spacial score (nSPS) is 9.30. The number of carbonyl (C=O) groups excluding carboxylic acids is 1. The first-order valence-corrected chi connectivity index (χ1v) is 2.68. The molecule has 0 aliphatic carbocycles. The van der Waals surface area contributed by atoms with E-state index in [2.05, 4.69) is 10.2 Å². The molecule has 1 radical (unpaired) electrons. The molecule has 1 N–H and O–H groups in total. The summed E-state index contributed by atoms with van der Waals surface area (Å²) >= 11 is 0. The number of hydrogen-bond acceptors (Lipinski definition) is 3. The number of nitrogens with one attached hydrogen (secondary N) is 1. The smallest absolute Gasteiger partial charge is 0.275 e. The molecule has 0 aliphatic rings. The largest absolute Gasteiger partial charge is 0.285 e. The molecule has 0 spiro atoms. The van der Waals surface area contributed by atoms with Gasteiger partial charge in [0, 0.05) is 0 Å². The van der Waals surface area contributed by atoms with Gasteiger partial charge in [-0.15, -0.1) is 0 Å². The van der Waals surface area contributed by atoms with Crippen molar-refractivity contribution in [2.45, 2.75) is 6.92 Å². The van der Waals surface area contributed by atoms with Crippen LogP contribution in [0.25, 0.3) is 0 Å². The van der Waals surface area contributed by atoms with Crippen LogP contribution in [-0.2, 0) is 4.79 Å². The van der Waals surface area contributed by atoms with E-state index < -0.39 is 5.56 Å². The van der Waals surface area contributed by atoms with Crippen molar-refractivity contribution in [3.8, 4) is 0 Å². The summed E-state index contributed by atoms with van der Waals surface area (Å²) in [7, 11) is 0. The van der Waals surface area contributed by atoms with E-state index in [1.54, 1.807) is 6.92 Å². The Morgan fingerprint density at radius 1 is 1.70 bits per heavy atom. The van der Waals surface area contributed by atoms with Crippen molar-refractivity contribution in [1.29, 1.82) is 0 Å². The highest BCUT2D eigenvalue weighted by atomic mass is 16.1. The average Bonchev–Trinajstić information content (AvgIpc) is 1.94. The van der Waals surface area contributed by atoms with E-state index in [1.165, 1.54) is 12.4 Å². The minimum Gasteiger partial charge on any atom is -0.285 e. The highest BCUT2D eigenvalue weighted by Gasteiger charge is 1.97. The Hall–Kier alpha value is -1.45. The molecule has 0 saturated heterocycles. The molecule has 0 saturated carbocycles. The third-order valence-electron chi connectivity index (χ3n) is 1.04. The number of rotatable bonds is 1. The third-order valence-corrected chi connectivity index (χ3v) is 1.04. The molecular weight excluding hydrogens is 132 g/mol. The number of H-pyrrole nitrogens is 1. The molecule has 0 atom stereocenters. The maximum absolute atomic E-state index is 10.6. The summed E-state index contributed by atoms with van der Waals surface area (Å²) in [4.78, 5) is 20.6. The Morgan fingerprint density at radius 2 is 2.40 bits per heavy atom. The van der Waals surface area contributed by atoms with Gasteiger partial charge >= 0.3 is 0 Å². The molecule has 1 rings (SSSR count). The first-order valence-electron chi connectivity index (χ1n) is 2.68. The van der Waals surface area contributed by atoms with E-state index >= 15 is 0 Å². The van der Waals surface area contributed by atoms with Crippen molar-refractivity contribution < 1.29 is 4.79 Å². The maximum Gasteiger partial charge on any atom is 0.275 e. The van der Waals surface area contributed by atoms with Crippen molar-refractivity contribution in [1.82, 2.24) is 10.2 Å². The molecule has 1 aromatic heterocycles. The summed E-state index contributed by atoms with van der Waals surface area (Å²) in [5.41, 5.74) is 0.0889. The van der Waals surface area contributed by atoms with Crippen molar-refractivity contribution in [2.24, 2.45) is 0 Å². The molecule has 1 heterocycles. The van der Waals surface area contributed by atoms with Crippen LogP contribution in [0.2, 0.25) is 0 Å². The molecule has 0 fully saturated rings. The van der Waals surface area contributed by atoms with Gasteiger partial charge in [0.15, 0.2) is 0 Å². The van der Waals surface area contributed by atoms with Gasteiger partial charge in [0.2, 0.25) is 6.29 Å². The van der Waals surface area contributed by atoms with Gasteiger partial charge in [0.1, 0.15) is 0 Å². The number of aromatic amines is 1. The minimum absolute atomic E-state index is 0.00694. The van der Waals surface area contributed by atoms with Crippen LogP contribution in [0, 0.1) is 6.92 Å². The maximum atomic E-state index is 10.6. The zero-order chi connectivity index (χ0) is 7.56. The topological polar surface area (TPSA) is 62.8 Å². The number of hydrogen-bond donors (Lipinski definition) is 1. The van der Waals surface area contributed by atoms with Gasteiger partial charge in [0.05, 0.1) is 11.3 Å². The Balaban J connectivity index is 3.35. The predicted molar refractivity (Wildman–Crippen MR) is 34.4 cm³/mol. The molecule has 0 unspecified atom stereocenters. The van der Waals surface area contributed by atoms with Crippen LogP contribution in [0.4, 0.5) is 0 Å². The summed E-state index contributed by atoms with van der Waals surface area (Å²) in [6, 6.07) is 1.38. The van der Waals surface area contributed by atoms with Gasteiger partial charge in [-0.05, 0) is 13.0 Å². The summed E-state index contributed by atoms with van der Waals surface area (Å²) in [6.45, 7) is 1.68. The zero-order valence-electron chi connectivity index (χ0n) is 5.34. The van der Waals surface area contributed by atoms with Gasteiger partial charge in [0.25, 0.3) is 5.56 Å². The fraction of sp³-hybridized carbons (Fsp3) is 0.167. The van der Waals surface area contributed by atoms with Crippen molar-refractivity contribution in [3.05, 3.63) is 27.7 Å². The van der Waals surface area contributed by atoms with Crippen molar-refractivity contribution in [2.75, 3.05) is 0 Å². The molecular formula is C6H5N2O2. The standard InChI is InChI=1S/C6H5N2O2/c1-4-2-5(3-9)6(10)8-7-4/h2H,1H3,(H,8,10). The summed E-state index contributed by atoms with van der Waals surface area (Å²) < 4.78 is 0. The van der Waals surface area contributed by atoms with Crippen molar-refractivity contribution >= 4 is 6.29 Å². The second-order valence-corrected chi connectivity index (χ2v) is 1.85. The van der Waals surface area contributed by atoms with Crippen LogP contribution >= 0.6 is 0 Å². The van der Waals surface area contributed by atoms with E-state index in [0.717, 1.165) is 0 Å². The Bertz CT molecular complexity index is 303. The minimum atomic E-state index is -0.499. The Labute approximate surface area is 56.9 Å². The summed E-state index contributed by atoms with van der Waals surface area (Å²) in [6.07, 6.45) is 1.50. The van der Waals surface area contributed by atoms with E-state index in [9.17, 15) is 9.59 Å². The zero-order valence-corrected chi connectivity index (χ0v) is 5.34. The van der Waals surface area contributed by atoms with Gasteiger partial charge < -0.3 is 0 Å². The van der Waals surface area contributed by atoms with Crippen LogP contribution in [0.1, 0.15) is 11.3 Å². The summed E-state index contributed by atoms with van der Waals surface area (Å²) in [5, 5.41) is 5.72. The number of nitrogens with zero attached hydrogens (tertiary/aromatic N) is 1. The van der Waals surface area contributed by atoms with E-state index in [0.29, 0.717) is 5.69 Å². The van der Waals surface area contributed by atoms with Crippen LogP contribution in [-0.4, -0.2) is 16.5 Å². The first-order chi connectivity index (χ1) is 4.74. The first kappa shape index (κ1) is 6.67. The van der Waals surface area contributed by atoms with Crippen LogP contribution in [0.3, 0.4) is 0 Å². The molecule has 0 aliphatic heterocycles. The highest BCUT2D eigenvalue weighted by molar-refractivity contribution is 5.74. The van der Waals surface area contributed by atoms with Gasteiger partial charge in [-0.25, -0.2) is 5.10 Å². The number of aromatic nitrogens is 2. The van der Waals surface area contributed by atoms with Gasteiger partial charge in [-0.2, -0.15) is 5.10 Å². The van der Waals surface area contributed by atoms with E-state index in [1.807, 2.05) is 0 Å². The lowest BCUT2D eigenvalue weighted by molar-refractivity contribution is 0.562. The Morgan fingerprint density at radius 3 is 2.90 bits per heavy atom. The van der Waals surface area contributed by atoms with Crippen LogP contribution < -0.4 is 5.56 Å². The molecule has 0 amide bonds. The highest BCUT2D eigenvalue weighted by Crippen LogP contribution is 1.87. The second-order valence-electron chi connectivity index (χ2n) is 1.85. The number of aryl methyl sites for hydroxylation is 1. The molecule has 0 bridgehead atoms. The van der Waals surface area contributed by atoms with Crippen LogP contribution in [0.15, 0.2) is 10.9 Å². The quantitative estimate of drug-likeness (QED) is 0.569. The molecule has 1 aromatic rings. The predicted octanol–water partition coefficient (Wildman–Crippen LogP) is -0.464. The SMILES string of the molecule is Cc1cc([C]=O)c(=O)[nH]n1. The summed E-state index contributed by atoms with van der Waals surface area (Å²) in [5.74, 6) is 0. The van der Waals surface area contributed by atoms with Crippen LogP contribution in [0.5, 0.6) is 0 Å². The molecule has 10 heavy (non-hydrogen) atoms. The Kier molecular flexibility index (Phi) is 1.62. The third kappa shape index (κ3) is 1.10. The molecule has 0 aromatic carbocycles. The van der Waals surface area contributed by atoms with Crippen molar-refractivity contribution in [3.63, 3.8) is 0 Å². The fourth-order valence-corrected chi connectivity index (χ4v) is 0.582. The second kappa shape index (κ2) is 2.43. The lowest BCUT2D eigenvalue weighted by Gasteiger charge is -1.88.